The fourth-order valence-electron chi connectivity index (χ4n) is 2.79. The molecule has 118 valence electrons. The molecular weight excluding hydrogens is 317 g/mol. The minimum Gasteiger partial charge on any atom is -0.389 e. The third-order valence-electron chi connectivity index (χ3n) is 3.84. The van der Waals surface area contributed by atoms with Gasteiger partial charge in [-0.15, -0.1) is 0 Å². The molecule has 0 aliphatic heterocycles. The molecule has 4 nitrogen and oxygen atoms in total. The van der Waals surface area contributed by atoms with Gasteiger partial charge in [-0.3, -0.25) is 0 Å². The number of rotatable bonds is 4. The molecule has 21 heavy (non-hydrogen) atoms. The van der Waals surface area contributed by atoms with Crippen molar-refractivity contribution in [2.24, 2.45) is 5.92 Å². The molecule has 0 amide bonds. The van der Waals surface area contributed by atoms with Crippen molar-refractivity contribution >= 4 is 21.6 Å². The van der Waals surface area contributed by atoms with E-state index in [0.29, 0.717) is 18.8 Å². The van der Waals surface area contributed by atoms with E-state index in [4.69, 9.17) is 11.6 Å². The van der Waals surface area contributed by atoms with E-state index in [1.54, 1.807) is 0 Å². The molecule has 0 heterocycles. The van der Waals surface area contributed by atoms with Crippen LogP contribution in [-0.4, -0.2) is 25.7 Å². The van der Waals surface area contributed by atoms with Gasteiger partial charge in [0, 0.05) is 6.54 Å². The number of nitrogens with one attached hydrogen (secondary N) is 1. The average Bonchev–Trinajstić information content (AvgIpc) is 2.36. The van der Waals surface area contributed by atoms with Gasteiger partial charge in [-0.2, -0.15) is 0 Å². The van der Waals surface area contributed by atoms with Crippen LogP contribution in [0.25, 0.3) is 0 Å². The first kappa shape index (κ1) is 16.7. The van der Waals surface area contributed by atoms with Crippen LogP contribution < -0.4 is 4.72 Å². The van der Waals surface area contributed by atoms with Crippen molar-refractivity contribution in [3.05, 3.63) is 29.0 Å². The lowest BCUT2D eigenvalue weighted by Gasteiger charge is -2.35. The monoisotopic (exact) mass is 335 g/mol. The summed E-state index contributed by atoms with van der Waals surface area (Å²) in [6.45, 7) is 1.98. The number of hydrogen-bond acceptors (Lipinski definition) is 3. The molecule has 2 rings (SSSR count). The summed E-state index contributed by atoms with van der Waals surface area (Å²) in [4.78, 5) is -0.182. The Hall–Kier alpha value is -0.690. The Morgan fingerprint density at radius 3 is 2.86 bits per heavy atom. The van der Waals surface area contributed by atoms with Crippen LogP contribution in [0.15, 0.2) is 23.1 Å². The molecule has 1 aliphatic carbocycles. The zero-order valence-electron chi connectivity index (χ0n) is 11.8. The number of hydrogen-bond donors (Lipinski definition) is 2. The third kappa shape index (κ3) is 4.16. The third-order valence-corrected chi connectivity index (χ3v) is 5.73. The van der Waals surface area contributed by atoms with E-state index in [2.05, 4.69) is 4.72 Å². The number of aliphatic hydroxyl groups is 1. The maximum atomic E-state index is 13.0. The van der Waals surface area contributed by atoms with Crippen molar-refractivity contribution in [1.29, 1.82) is 0 Å². The van der Waals surface area contributed by atoms with Crippen LogP contribution >= 0.6 is 11.6 Å². The van der Waals surface area contributed by atoms with E-state index in [-0.39, 0.29) is 16.5 Å². The Morgan fingerprint density at radius 2 is 2.24 bits per heavy atom. The van der Waals surface area contributed by atoms with Gasteiger partial charge >= 0.3 is 0 Å². The van der Waals surface area contributed by atoms with Crippen LogP contribution in [0.4, 0.5) is 4.39 Å². The van der Waals surface area contributed by atoms with Crippen molar-refractivity contribution < 1.29 is 17.9 Å². The lowest BCUT2D eigenvalue weighted by atomic mass is 9.79. The summed E-state index contributed by atoms with van der Waals surface area (Å²) in [5.41, 5.74) is -1.03. The summed E-state index contributed by atoms with van der Waals surface area (Å²) < 4.78 is 39.8. The molecule has 2 N–H and O–H groups in total. The molecule has 0 aromatic heterocycles. The summed E-state index contributed by atoms with van der Waals surface area (Å²) in [5, 5.41) is 10.3. The van der Waals surface area contributed by atoms with Gasteiger partial charge in [0.05, 0.1) is 10.6 Å². The first-order chi connectivity index (χ1) is 9.72. The fourth-order valence-corrected chi connectivity index (χ4v) is 4.44. The number of sulfonamides is 1. The topological polar surface area (TPSA) is 66.4 Å². The van der Waals surface area contributed by atoms with Gasteiger partial charge in [-0.05, 0) is 37.0 Å². The molecule has 0 bridgehead atoms. The highest BCUT2D eigenvalue weighted by atomic mass is 35.5. The molecule has 1 saturated carbocycles. The van der Waals surface area contributed by atoms with Crippen LogP contribution in [-0.2, 0) is 10.0 Å². The number of halogens is 2. The lowest BCUT2D eigenvalue weighted by Crippen LogP contribution is -2.45. The normalized spacial score (nSPS) is 26.8. The quantitative estimate of drug-likeness (QED) is 0.889. The van der Waals surface area contributed by atoms with Gasteiger partial charge in [0.2, 0.25) is 10.0 Å². The summed E-state index contributed by atoms with van der Waals surface area (Å²) in [7, 11) is -3.87. The van der Waals surface area contributed by atoms with Gasteiger partial charge < -0.3 is 5.11 Å². The first-order valence-electron chi connectivity index (χ1n) is 6.89. The largest absolute Gasteiger partial charge is 0.389 e. The summed E-state index contributed by atoms with van der Waals surface area (Å²) in [5.74, 6) is -0.235. The maximum absolute atomic E-state index is 13.0. The van der Waals surface area contributed by atoms with Crippen molar-refractivity contribution in [2.75, 3.05) is 6.54 Å². The minimum atomic E-state index is -3.87. The SMILES string of the molecule is CC1CCCC(O)(CNS(=O)(=O)c2ccc(F)cc2Cl)C1. The maximum Gasteiger partial charge on any atom is 0.242 e. The molecule has 1 aromatic carbocycles. The Bertz CT molecular complexity index is 623. The molecule has 7 heteroatoms. The standard InChI is InChI=1S/C14H19ClFNO3S/c1-10-3-2-6-14(18,8-10)9-17-21(19,20)13-5-4-11(16)7-12(13)15/h4-5,7,10,17-18H,2-3,6,8-9H2,1H3. The molecule has 1 fully saturated rings. The zero-order valence-corrected chi connectivity index (χ0v) is 13.3. The Labute approximate surface area is 129 Å². The van der Waals surface area contributed by atoms with Gasteiger partial charge in [-0.1, -0.05) is 31.4 Å². The highest BCUT2D eigenvalue weighted by Gasteiger charge is 2.34. The second-order valence-corrected chi connectivity index (χ2v) is 7.97. The van der Waals surface area contributed by atoms with E-state index in [0.717, 1.165) is 31.0 Å². The van der Waals surface area contributed by atoms with Crippen molar-refractivity contribution in [3.63, 3.8) is 0 Å². The van der Waals surface area contributed by atoms with Crippen LogP contribution in [0.5, 0.6) is 0 Å². The Morgan fingerprint density at radius 1 is 1.52 bits per heavy atom. The summed E-state index contributed by atoms with van der Waals surface area (Å²) >= 11 is 5.77. The highest BCUT2D eigenvalue weighted by molar-refractivity contribution is 7.89. The fraction of sp³-hybridized carbons (Fsp3) is 0.571. The Kier molecular flexibility index (Phi) is 4.92. The van der Waals surface area contributed by atoms with Crippen LogP contribution in [0, 0.1) is 11.7 Å². The molecule has 1 aliphatic rings. The van der Waals surface area contributed by atoms with E-state index in [1.807, 2.05) is 6.92 Å². The zero-order chi connectivity index (χ0) is 15.7. The van der Waals surface area contributed by atoms with Gasteiger partial charge in [0.1, 0.15) is 10.7 Å². The van der Waals surface area contributed by atoms with Gasteiger partial charge in [0.25, 0.3) is 0 Å². The van der Waals surface area contributed by atoms with Gasteiger partial charge in [0.15, 0.2) is 0 Å². The van der Waals surface area contributed by atoms with Crippen molar-refractivity contribution in [2.45, 2.75) is 43.1 Å². The second-order valence-electron chi connectivity index (χ2n) is 5.83. The smallest absolute Gasteiger partial charge is 0.242 e. The molecule has 0 saturated heterocycles. The van der Waals surface area contributed by atoms with E-state index < -0.39 is 21.4 Å². The van der Waals surface area contributed by atoms with E-state index in [1.165, 1.54) is 0 Å². The molecule has 2 atom stereocenters. The first-order valence-corrected chi connectivity index (χ1v) is 8.75. The molecule has 0 spiro atoms. The minimum absolute atomic E-state index is 0.0621. The number of benzene rings is 1. The second kappa shape index (κ2) is 6.20. The Balaban J connectivity index is 2.11. The predicted octanol–water partition coefficient (Wildman–Crippen LogP) is 2.70. The van der Waals surface area contributed by atoms with Crippen LogP contribution in [0.3, 0.4) is 0 Å². The molecular formula is C14H19ClFNO3S. The van der Waals surface area contributed by atoms with E-state index >= 15 is 0 Å². The summed E-state index contributed by atoms with van der Waals surface area (Å²) in [6.07, 6.45) is 3.04. The van der Waals surface area contributed by atoms with Crippen LogP contribution in [0.2, 0.25) is 5.02 Å². The molecule has 2 unspecified atom stereocenters. The highest BCUT2D eigenvalue weighted by Crippen LogP contribution is 2.32. The molecule has 0 radical (unpaired) electrons. The lowest BCUT2D eigenvalue weighted by molar-refractivity contribution is -0.00751. The van der Waals surface area contributed by atoms with E-state index in [9.17, 15) is 17.9 Å². The average molecular weight is 336 g/mol. The summed E-state index contributed by atoms with van der Waals surface area (Å²) in [6, 6.07) is 3.11. The van der Waals surface area contributed by atoms with Crippen molar-refractivity contribution in [3.8, 4) is 0 Å². The molecule has 1 aromatic rings. The van der Waals surface area contributed by atoms with Crippen molar-refractivity contribution in [1.82, 2.24) is 4.72 Å². The predicted molar refractivity (Wildman–Crippen MR) is 79.2 cm³/mol. The van der Waals surface area contributed by atoms with Crippen LogP contribution in [0.1, 0.15) is 32.6 Å². The van der Waals surface area contributed by atoms with Gasteiger partial charge in [-0.25, -0.2) is 17.5 Å².